The summed E-state index contributed by atoms with van der Waals surface area (Å²) in [6.07, 6.45) is 7.58. The molecule has 6 nitrogen and oxygen atoms in total. The number of anilines is 1. The van der Waals surface area contributed by atoms with E-state index in [0.717, 1.165) is 17.8 Å². The Morgan fingerprint density at radius 1 is 1.00 bits per heavy atom. The standard InChI is InChI=1S/C23H30N2O4/c1-3-29-22(28)18-4-6-19(7-5-18)25-21(27)20(26)24-14(2)23-11-15-8-16(12-23)10-17(9-15)13-23/h4-7,14-17H,3,8-13H2,1-2H3,(H,24,26)(H,25,27). The van der Waals surface area contributed by atoms with E-state index in [-0.39, 0.29) is 11.5 Å². The monoisotopic (exact) mass is 398 g/mol. The highest BCUT2D eigenvalue weighted by Gasteiger charge is 2.53. The largest absolute Gasteiger partial charge is 0.462 e. The van der Waals surface area contributed by atoms with Crippen molar-refractivity contribution in [1.82, 2.24) is 5.32 Å². The number of benzene rings is 1. The summed E-state index contributed by atoms with van der Waals surface area (Å²) in [5.41, 5.74) is 1.04. The lowest BCUT2D eigenvalue weighted by atomic mass is 9.48. The lowest BCUT2D eigenvalue weighted by molar-refractivity contribution is -0.138. The third-order valence-corrected chi connectivity index (χ3v) is 7.21. The average molecular weight is 399 g/mol. The molecule has 0 spiro atoms. The highest BCUT2D eigenvalue weighted by Crippen LogP contribution is 2.61. The molecule has 0 aliphatic heterocycles. The maximum absolute atomic E-state index is 12.5. The van der Waals surface area contributed by atoms with E-state index in [1.54, 1.807) is 31.2 Å². The zero-order valence-electron chi connectivity index (χ0n) is 17.2. The molecule has 4 aliphatic rings. The van der Waals surface area contributed by atoms with Crippen LogP contribution in [0, 0.1) is 23.2 Å². The van der Waals surface area contributed by atoms with Crippen LogP contribution >= 0.6 is 0 Å². The third kappa shape index (κ3) is 4.02. The van der Waals surface area contributed by atoms with Gasteiger partial charge in [0.05, 0.1) is 12.2 Å². The number of carbonyl (C=O) groups is 3. The molecule has 1 atom stereocenters. The molecule has 6 heteroatoms. The Balaban J connectivity index is 1.34. The normalized spacial score (nSPS) is 30.5. The van der Waals surface area contributed by atoms with Crippen LogP contribution in [-0.4, -0.2) is 30.4 Å². The van der Waals surface area contributed by atoms with Gasteiger partial charge in [-0.25, -0.2) is 4.79 Å². The summed E-state index contributed by atoms with van der Waals surface area (Å²) in [7, 11) is 0. The summed E-state index contributed by atoms with van der Waals surface area (Å²) in [5.74, 6) is 0.715. The van der Waals surface area contributed by atoms with Crippen LogP contribution in [0.1, 0.15) is 62.7 Å². The highest BCUT2D eigenvalue weighted by atomic mass is 16.5. The fourth-order valence-electron chi connectivity index (χ4n) is 6.22. The number of rotatable bonds is 5. The molecule has 0 aromatic heterocycles. The number of esters is 1. The fraction of sp³-hybridized carbons (Fsp3) is 0.609. The molecule has 4 saturated carbocycles. The van der Waals surface area contributed by atoms with Crippen molar-refractivity contribution in [2.45, 2.75) is 58.4 Å². The molecule has 2 N–H and O–H groups in total. The second-order valence-electron chi connectivity index (χ2n) is 9.23. The summed E-state index contributed by atoms with van der Waals surface area (Å²) < 4.78 is 4.94. The molecular weight excluding hydrogens is 368 g/mol. The predicted molar refractivity (Wildman–Crippen MR) is 109 cm³/mol. The minimum atomic E-state index is -0.675. The van der Waals surface area contributed by atoms with E-state index >= 15 is 0 Å². The van der Waals surface area contributed by atoms with Crippen LogP contribution in [0.4, 0.5) is 5.69 Å². The number of amides is 2. The lowest BCUT2D eigenvalue weighted by Gasteiger charge is -2.59. The Morgan fingerprint density at radius 2 is 1.55 bits per heavy atom. The van der Waals surface area contributed by atoms with Crippen molar-refractivity contribution < 1.29 is 19.1 Å². The van der Waals surface area contributed by atoms with Gasteiger partial charge in [0.25, 0.3) is 0 Å². The van der Waals surface area contributed by atoms with E-state index in [0.29, 0.717) is 17.9 Å². The number of hydrogen-bond donors (Lipinski definition) is 2. The second-order valence-corrected chi connectivity index (χ2v) is 9.23. The van der Waals surface area contributed by atoms with E-state index < -0.39 is 17.8 Å². The van der Waals surface area contributed by atoms with Gasteiger partial charge in [-0.2, -0.15) is 0 Å². The summed E-state index contributed by atoms with van der Waals surface area (Å²) in [6, 6.07) is 6.34. The van der Waals surface area contributed by atoms with Crippen molar-refractivity contribution >= 4 is 23.5 Å². The highest BCUT2D eigenvalue weighted by molar-refractivity contribution is 6.39. The third-order valence-electron chi connectivity index (χ3n) is 7.21. The van der Waals surface area contributed by atoms with E-state index in [4.69, 9.17) is 4.74 Å². The quantitative estimate of drug-likeness (QED) is 0.587. The molecule has 5 rings (SSSR count). The second kappa shape index (κ2) is 7.81. The van der Waals surface area contributed by atoms with Crippen molar-refractivity contribution in [1.29, 1.82) is 0 Å². The number of hydrogen-bond acceptors (Lipinski definition) is 4. The van der Waals surface area contributed by atoms with E-state index in [1.165, 1.54) is 38.5 Å². The molecule has 1 unspecified atom stereocenters. The fourth-order valence-corrected chi connectivity index (χ4v) is 6.22. The Hall–Kier alpha value is -2.37. The molecule has 0 saturated heterocycles. The van der Waals surface area contributed by atoms with Crippen LogP contribution < -0.4 is 10.6 Å². The van der Waals surface area contributed by atoms with Gasteiger partial charge in [0.2, 0.25) is 0 Å². The number of nitrogens with one attached hydrogen (secondary N) is 2. The van der Waals surface area contributed by atoms with Crippen LogP contribution in [0.5, 0.6) is 0 Å². The van der Waals surface area contributed by atoms with Crippen LogP contribution in [0.2, 0.25) is 0 Å². The van der Waals surface area contributed by atoms with E-state index in [1.807, 2.05) is 0 Å². The van der Waals surface area contributed by atoms with Gasteiger partial charge in [0.1, 0.15) is 0 Å². The Kier molecular flexibility index (Phi) is 5.36. The van der Waals surface area contributed by atoms with Gasteiger partial charge < -0.3 is 15.4 Å². The molecule has 156 valence electrons. The van der Waals surface area contributed by atoms with Gasteiger partial charge in [-0.1, -0.05) is 0 Å². The minimum absolute atomic E-state index is 0.000315. The predicted octanol–water partition coefficient (Wildman–Crippen LogP) is 3.52. The molecule has 4 bridgehead atoms. The zero-order chi connectivity index (χ0) is 20.6. The van der Waals surface area contributed by atoms with Crippen LogP contribution in [0.25, 0.3) is 0 Å². The van der Waals surface area contributed by atoms with E-state index in [9.17, 15) is 14.4 Å². The van der Waals surface area contributed by atoms with Crippen molar-refractivity contribution in [3.8, 4) is 0 Å². The van der Waals surface area contributed by atoms with Crippen LogP contribution in [0.3, 0.4) is 0 Å². The van der Waals surface area contributed by atoms with Crippen molar-refractivity contribution in [2.24, 2.45) is 23.2 Å². The smallest absolute Gasteiger partial charge is 0.338 e. The van der Waals surface area contributed by atoms with Gasteiger partial charge in [0, 0.05) is 11.7 Å². The van der Waals surface area contributed by atoms with Crippen LogP contribution in [0.15, 0.2) is 24.3 Å². The summed E-state index contributed by atoms with van der Waals surface area (Å²) in [4.78, 5) is 36.6. The molecule has 29 heavy (non-hydrogen) atoms. The molecule has 0 heterocycles. The summed E-state index contributed by atoms with van der Waals surface area (Å²) >= 11 is 0. The molecule has 0 radical (unpaired) electrons. The minimum Gasteiger partial charge on any atom is -0.462 e. The first kappa shape index (κ1) is 19.9. The molecule has 4 aliphatic carbocycles. The van der Waals surface area contributed by atoms with Gasteiger partial charge in [-0.3, -0.25) is 9.59 Å². The SMILES string of the molecule is CCOC(=O)c1ccc(NC(=O)C(=O)NC(C)C23CC4CC(CC(C4)C2)C3)cc1. The van der Waals surface area contributed by atoms with Gasteiger partial charge in [-0.15, -0.1) is 0 Å². The molecule has 2 amide bonds. The molecule has 4 fully saturated rings. The van der Waals surface area contributed by atoms with Crippen molar-refractivity contribution in [2.75, 3.05) is 11.9 Å². The molecular formula is C23H30N2O4. The Labute approximate surface area is 171 Å². The van der Waals surface area contributed by atoms with Gasteiger partial charge in [0.15, 0.2) is 0 Å². The van der Waals surface area contributed by atoms with Gasteiger partial charge in [-0.05, 0) is 99.8 Å². The topological polar surface area (TPSA) is 84.5 Å². The zero-order valence-corrected chi connectivity index (χ0v) is 17.2. The van der Waals surface area contributed by atoms with E-state index in [2.05, 4.69) is 17.6 Å². The lowest BCUT2D eigenvalue weighted by Crippen LogP contribution is -2.57. The Morgan fingerprint density at radius 3 is 2.07 bits per heavy atom. The van der Waals surface area contributed by atoms with Crippen LogP contribution in [-0.2, 0) is 14.3 Å². The first-order chi connectivity index (χ1) is 13.9. The summed E-state index contributed by atoms with van der Waals surface area (Å²) in [6.45, 7) is 4.11. The first-order valence-corrected chi connectivity index (χ1v) is 10.8. The van der Waals surface area contributed by atoms with Crippen molar-refractivity contribution in [3.63, 3.8) is 0 Å². The van der Waals surface area contributed by atoms with Crippen molar-refractivity contribution in [3.05, 3.63) is 29.8 Å². The maximum Gasteiger partial charge on any atom is 0.338 e. The average Bonchev–Trinajstić information content (AvgIpc) is 2.67. The summed E-state index contributed by atoms with van der Waals surface area (Å²) in [5, 5.41) is 5.59. The first-order valence-electron chi connectivity index (χ1n) is 10.8. The maximum atomic E-state index is 12.5. The molecule has 1 aromatic rings. The number of carbonyl (C=O) groups excluding carboxylic acids is 3. The van der Waals surface area contributed by atoms with Gasteiger partial charge >= 0.3 is 17.8 Å². The molecule has 1 aromatic carbocycles. The Bertz CT molecular complexity index is 766. The number of ether oxygens (including phenoxy) is 1.